The van der Waals surface area contributed by atoms with Gasteiger partial charge < -0.3 is 15.5 Å². The molecule has 0 aromatic heterocycles. The van der Waals surface area contributed by atoms with Gasteiger partial charge in [0.05, 0.1) is 5.92 Å². The van der Waals surface area contributed by atoms with Crippen molar-refractivity contribution in [1.29, 1.82) is 0 Å². The highest BCUT2D eigenvalue weighted by molar-refractivity contribution is 5.89. The first-order chi connectivity index (χ1) is 11.5. The maximum absolute atomic E-state index is 12.2. The Morgan fingerprint density at radius 1 is 1.17 bits per heavy atom. The van der Waals surface area contributed by atoms with Gasteiger partial charge >= 0.3 is 0 Å². The van der Waals surface area contributed by atoms with Crippen molar-refractivity contribution < 1.29 is 14.4 Å². The Hall–Kier alpha value is -2.37. The van der Waals surface area contributed by atoms with Crippen molar-refractivity contribution in [3.05, 3.63) is 35.9 Å². The predicted molar refractivity (Wildman–Crippen MR) is 90.8 cm³/mol. The molecule has 1 atom stereocenters. The molecule has 24 heavy (non-hydrogen) atoms. The second kappa shape index (κ2) is 8.47. The molecule has 2 N–H and O–H groups in total. The molecule has 6 heteroatoms. The zero-order valence-electron chi connectivity index (χ0n) is 14.2. The molecule has 6 nitrogen and oxygen atoms in total. The largest absolute Gasteiger partial charge is 0.354 e. The molecule has 0 unspecified atom stereocenters. The summed E-state index contributed by atoms with van der Waals surface area (Å²) in [4.78, 5) is 37.4. The summed E-state index contributed by atoms with van der Waals surface area (Å²) < 4.78 is 0. The molecule has 0 saturated carbocycles. The number of carbonyl (C=O) groups is 3. The number of hydrogen-bond donors (Lipinski definition) is 2. The second-order valence-corrected chi connectivity index (χ2v) is 6.40. The number of carbonyl (C=O) groups excluding carboxylic acids is 3. The molecular weight excluding hydrogens is 306 g/mol. The van der Waals surface area contributed by atoms with Gasteiger partial charge in [-0.2, -0.15) is 0 Å². The molecule has 0 bridgehead atoms. The van der Waals surface area contributed by atoms with Crippen LogP contribution in [0.25, 0.3) is 0 Å². The third-order valence-corrected chi connectivity index (χ3v) is 4.05. The minimum Gasteiger partial charge on any atom is -0.354 e. The fourth-order valence-corrected chi connectivity index (χ4v) is 2.62. The molecule has 0 spiro atoms. The molecule has 3 amide bonds. The number of hydrogen-bond acceptors (Lipinski definition) is 3. The van der Waals surface area contributed by atoms with Gasteiger partial charge in [-0.05, 0) is 5.56 Å². The quantitative estimate of drug-likeness (QED) is 0.730. The zero-order chi connectivity index (χ0) is 17.5. The van der Waals surface area contributed by atoms with Crippen molar-refractivity contribution in [1.82, 2.24) is 15.5 Å². The van der Waals surface area contributed by atoms with Crippen molar-refractivity contribution in [2.45, 2.75) is 26.8 Å². The lowest BCUT2D eigenvalue weighted by molar-refractivity contribution is -0.129. The molecule has 130 valence electrons. The van der Waals surface area contributed by atoms with Crippen molar-refractivity contribution >= 4 is 17.7 Å². The van der Waals surface area contributed by atoms with Gasteiger partial charge in [0.15, 0.2) is 0 Å². The smallest absolute Gasteiger partial charge is 0.225 e. The van der Waals surface area contributed by atoms with Gasteiger partial charge in [0.2, 0.25) is 17.7 Å². The molecule has 1 aromatic carbocycles. The van der Waals surface area contributed by atoms with Crippen LogP contribution >= 0.6 is 0 Å². The van der Waals surface area contributed by atoms with Crippen LogP contribution in [-0.2, 0) is 20.9 Å². The Kier molecular flexibility index (Phi) is 6.35. The molecule has 1 aromatic rings. The first-order valence-corrected chi connectivity index (χ1v) is 8.34. The summed E-state index contributed by atoms with van der Waals surface area (Å²) in [5.41, 5.74) is 1.06. The van der Waals surface area contributed by atoms with Gasteiger partial charge in [-0.1, -0.05) is 44.2 Å². The van der Waals surface area contributed by atoms with Crippen molar-refractivity contribution in [3.63, 3.8) is 0 Å². The van der Waals surface area contributed by atoms with E-state index in [9.17, 15) is 14.4 Å². The third-order valence-electron chi connectivity index (χ3n) is 4.05. The van der Waals surface area contributed by atoms with Crippen molar-refractivity contribution in [2.75, 3.05) is 19.6 Å². The molecule has 1 saturated heterocycles. The number of benzene rings is 1. The van der Waals surface area contributed by atoms with Gasteiger partial charge in [0.25, 0.3) is 0 Å². The average molecular weight is 331 g/mol. The highest BCUT2D eigenvalue weighted by Gasteiger charge is 2.33. The Bertz CT molecular complexity index is 586. The molecule has 0 radical (unpaired) electrons. The highest BCUT2D eigenvalue weighted by atomic mass is 16.2. The molecular formula is C18H25N3O3. The van der Waals surface area contributed by atoms with E-state index >= 15 is 0 Å². The second-order valence-electron chi connectivity index (χ2n) is 6.40. The SMILES string of the molecule is CC(C)C(=O)NCCNC(=O)[C@@H]1CC(=O)N(Cc2ccccc2)C1. The van der Waals surface area contributed by atoms with E-state index in [0.29, 0.717) is 26.2 Å². The summed E-state index contributed by atoms with van der Waals surface area (Å²) in [6, 6.07) is 9.75. The monoisotopic (exact) mass is 331 g/mol. The lowest BCUT2D eigenvalue weighted by Crippen LogP contribution is -2.39. The van der Waals surface area contributed by atoms with Crippen LogP contribution in [0, 0.1) is 11.8 Å². The molecule has 0 aliphatic carbocycles. The average Bonchev–Trinajstić information content (AvgIpc) is 2.93. The van der Waals surface area contributed by atoms with Gasteiger partial charge in [0.1, 0.15) is 0 Å². The van der Waals surface area contributed by atoms with E-state index in [0.717, 1.165) is 5.56 Å². The standard InChI is InChI=1S/C18H25N3O3/c1-13(2)17(23)19-8-9-20-18(24)15-10-16(22)21(12-15)11-14-6-4-3-5-7-14/h3-7,13,15H,8-12H2,1-2H3,(H,19,23)(H,20,24)/t15-/m1/s1. The van der Waals surface area contributed by atoms with E-state index in [4.69, 9.17) is 0 Å². The maximum Gasteiger partial charge on any atom is 0.225 e. The molecule has 1 heterocycles. The van der Waals surface area contributed by atoms with E-state index in [1.807, 2.05) is 44.2 Å². The number of rotatable bonds is 7. The van der Waals surface area contributed by atoms with E-state index < -0.39 is 0 Å². The third kappa shape index (κ3) is 5.08. The van der Waals surface area contributed by atoms with E-state index in [1.54, 1.807) is 4.90 Å². The van der Waals surface area contributed by atoms with Crippen LogP contribution in [0.2, 0.25) is 0 Å². The fraction of sp³-hybridized carbons (Fsp3) is 0.500. The van der Waals surface area contributed by atoms with Crippen LogP contribution in [0.15, 0.2) is 30.3 Å². The highest BCUT2D eigenvalue weighted by Crippen LogP contribution is 2.20. The van der Waals surface area contributed by atoms with Gasteiger partial charge in [-0.15, -0.1) is 0 Å². The topological polar surface area (TPSA) is 78.5 Å². The Labute approximate surface area is 142 Å². The van der Waals surface area contributed by atoms with E-state index in [-0.39, 0.29) is 36.0 Å². The Morgan fingerprint density at radius 3 is 2.50 bits per heavy atom. The maximum atomic E-state index is 12.2. The summed E-state index contributed by atoms with van der Waals surface area (Å²) in [5.74, 6) is -0.541. The zero-order valence-corrected chi connectivity index (χ0v) is 14.2. The minimum absolute atomic E-state index is 0.00659. The van der Waals surface area contributed by atoms with Gasteiger partial charge in [-0.25, -0.2) is 0 Å². The van der Waals surface area contributed by atoms with Crippen LogP contribution in [-0.4, -0.2) is 42.3 Å². The Morgan fingerprint density at radius 2 is 1.83 bits per heavy atom. The van der Waals surface area contributed by atoms with Crippen LogP contribution in [0.3, 0.4) is 0 Å². The Balaban J connectivity index is 1.74. The minimum atomic E-state index is -0.318. The summed E-state index contributed by atoms with van der Waals surface area (Å²) in [6.07, 6.45) is 0.247. The number of nitrogens with zero attached hydrogens (tertiary/aromatic N) is 1. The van der Waals surface area contributed by atoms with Crippen molar-refractivity contribution in [3.8, 4) is 0 Å². The first kappa shape index (κ1) is 18.0. The summed E-state index contributed by atoms with van der Waals surface area (Å²) in [7, 11) is 0. The van der Waals surface area contributed by atoms with Crippen LogP contribution in [0.5, 0.6) is 0 Å². The molecule has 1 aliphatic rings. The van der Waals surface area contributed by atoms with Crippen LogP contribution < -0.4 is 10.6 Å². The van der Waals surface area contributed by atoms with Crippen LogP contribution in [0.4, 0.5) is 0 Å². The number of amides is 3. The summed E-state index contributed by atoms with van der Waals surface area (Å²) in [5, 5.41) is 5.54. The normalized spacial score (nSPS) is 17.2. The first-order valence-electron chi connectivity index (χ1n) is 8.34. The molecule has 1 aliphatic heterocycles. The van der Waals surface area contributed by atoms with Gasteiger partial charge in [0, 0.05) is 38.5 Å². The lowest BCUT2D eigenvalue weighted by Gasteiger charge is -2.16. The molecule has 1 fully saturated rings. The van der Waals surface area contributed by atoms with E-state index in [2.05, 4.69) is 10.6 Å². The summed E-state index contributed by atoms with van der Waals surface area (Å²) in [6.45, 7) is 5.39. The van der Waals surface area contributed by atoms with Gasteiger partial charge in [-0.3, -0.25) is 14.4 Å². The lowest BCUT2D eigenvalue weighted by atomic mass is 10.1. The van der Waals surface area contributed by atoms with E-state index in [1.165, 1.54) is 0 Å². The van der Waals surface area contributed by atoms with Crippen molar-refractivity contribution in [2.24, 2.45) is 11.8 Å². The summed E-state index contributed by atoms with van der Waals surface area (Å²) >= 11 is 0. The predicted octanol–water partition coefficient (Wildman–Crippen LogP) is 0.923. The number of likely N-dealkylation sites (tertiary alicyclic amines) is 1. The molecule has 2 rings (SSSR count). The van der Waals surface area contributed by atoms with Crippen LogP contribution in [0.1, 0.15) is 25.8 Å². The number of nitrogens with one attached hydrogen (secondary N) is 2. The fourth-order valence-electron chi connectivity index (χ4n) is 2.62.